The van der Waals surface area contributed by atoms with Crippen LogP contribution >= 0.6 is 0 Å². The topological polar surface area (TPSA) is 75.4 Å². The second-order valence-corrected chi connectivity index (χ2v) is 7.24. The molecule has 0 saturated carbocycles. The van der Waals surface area contributed by atoms with Crippen molar-refractivity contribution in [1.82, 2.24) is 4.90 Å². The maximum Gasteiger partial charge on any atom is 0.238 e. The van der Waals surface area contributed by atoms with E-state index in [-0.39, 0.29) is 4.90 Å². The molecule has 0 aromatic heterocycles. The van der Waals surface area contributed by atoms with E-state index in [4.69, 9.17) is 5.14 Å². The Bertz CT molecular complexity index is 586. The van der Waals surface area contributed by atoms with Gasteiger partial charge >= 0.3 is 0 Å². The maximum atomic E-state index is 13.8. The SMILES string of the molecule is CC(CNc1ccc(S(N)(=O)=O)cc1F)CN1CCCC1. The van der Waals surface area contributed by atoms with Crippen LogP contribution in [0.2, 0.25) is 0 Å². The van der Waals surface area contributed by atoms with Gasteiger partial charge in [0.15, 0.2) is 0 Å². The van der Waals surface area contributed by atoms with E-state index in [1.807, 2.05) is 0 Å². The molecule has 1 aliphatic heterocycles. The molecule has 5 nitrogen and oxygen atoms in total. The van der Waals surface area contributed by atoms with Crippen molar-refractivity contribution < 1.29 is 12.8 Å². The lowest BCUT2D eigenvalue weighted by atomic mass is 10.1. The molecule has 2 rings (SSSR count). The molecule has 118 valence electrons. The highest BCUT2D eigenvalue weighted by Gasteiger charge is 2.15. The minimum Gasteiger partial charge on any atom is -0.382 e. The maximum absolute atomic E-state index is 13.8. The molecule has 0 radical (unpaired) electrons. The van der Waals surface area contributed by atoms with E-state index in [0.29, 0.717) is 18.2 Å². The second-order valence-electron chi connectivity index (χ2n) is 5.68. The number of primary sulfonamides is 1. The monoisotopic (exact) mass is 315 g/mol. The third-order valence-corrected chi connectivity index (χ3v) is 4.59. The zero-order chi connectivity index (χ0) is 15.5. The van der Waals surface area contributed by atoms with Crippen molar-refractivity contribution in [2.24, 2.45) is 11.1 Å². The number of benzene rings is 1. The lowest BCUT2D eigenvalue weighted by molar-refractivity contribution is 0.294. The minimum atomic E-state index is -3.86. The molecule has 1 aromatic rings. The van der Waals surface area contributed by atoms with Crippen molar-refractivity contribution in [1.29, 1.82) is 0 Å². The quantitative estimate of drug-likeness (QED) is 0.836. The molecule has 1 atom stereocenters. The first-order chi connectivity index (χ1) is 9.86. The van der Waals surface area contributed by atoms with Crippen LogP contribution in [0.5, 0.6) is 0 Å². The van der Waals surface area contributed by atoms with E-state index in [1.54, 1.807) is 0 Å². The highest BCUT2D eigenvalue weighted by molar-refractivity contribution is 7.89. The molecule has 1 aliphatic rings. The Morgan fingerprint density at radius 1 is 1.38 bits per heavy atom. The summed E-state index contributed by atoms with van der Waals surface area (Å²) < 4.78 is 36.1. The van der Waals surface area contributed by atoms with Gasteiger partial charge in [-0.15, -0.1) is 0 Å². The third-order valence-electron chi connectivity index (χ3n) is 3.68. The van der Waals surface area contributed by atoms with Crippen LogP contribution in [0.4, 0.5) is 10.1 Å². The first kappa shape index (κ1) is 16.2. The standard InChI is InChI=1S/C14H22FN3O2S/c1-11(10-18-6-2-3-7-18)9-17-14-5-4-12(8-13(14)15)21(16,19)20/h4-5,8,11,17H,2-3,6-7,9-10H2,1H3,(H2,16,19,20). The summed E-state index contributed by atoms with van der Waals surface area (Å²) in [5, 5.41) is 8.00. The number of hydrogen-bond donors (Lipinski definition) is 2. The average molecular weight is 315 g/mol. The fourth-order valence-electron chi connectivity index (χ4n) is 2.57. The first-order valence-corrected chi connectivity index (χ1v) is 8.69. The van der Waals surface area contributed by atoms with Crippen LogP contribution in [0.3, 0.4) is 0 Å². The first-order valence-electron chi connectivity index (χ1n) is 7.15. The Labute approximate surface area is 125 Å². The lowest BCUT2D eigenvalue weighted by Gasteiger charge is -2.21. The highest BCUT2D eigenvalue weighted by atomic mass is 32.2. The van der Waals surface area contributed by atoms with Gasteiger partial charge in [-0.2, -0.15) is 0 Å². The molecule has 0 bridgehead atoms. The summed E-state index contributed by atoms with van der Waals surface area (Å²) in [6.07, 6.45) is 2.51. The predicted molar refractivity (Wildman–Crippen MR) is 81.1 cm³/mol. The van der Waals surface area contributed by atoms with E-state index in [2.05, 4.69) is 17.1 Å². The van der Waals surface area contributed by atoms with E-state index < -0.39 is 15.8 Å². The number of likely N-dealkylation sites (tertiary alicyclic amines) is 1. The Kier molecular flexibility index (Phi) is 5.18. The van der Waals surface area contributed by atoms with Crippen LogP contribution in [0, 0.1) is 11.7 Å². The summed E-state index contributed by atoms with van der Waals surface area (Å²) in [6.45, 7) is 6.03. The molecular weight excluding hydrogens is 293 g/mol. The van der Waals surface area contributed by atoms with Crippen molar-refractivity contribution >= 4 is 15.7 Å². The fraction of sp³-hybridized carbons (Fsp3) is 0.571. The van der Waals surface area contributed by atoms with Crippen LogP contribution in [0.15, 0.2) is 23.1 Å². The third kappa shape index (κ3) is 4.66. The van der Waals surface area contributed by atoms with E-state index in [1.165, 1.54) is 25.0 Å². The largest absolute Gasteiger partial charge is 0.382 e. The van der Waals surface area contributed by atoms with Gasteiger partial charge in [-0.25, -0.2) is 17.9 Å². The number of anilines is 1. The average Bonchev–Trinajstić information content (AvgIpc) is 2.89. The normalized spacial score (nSPS) is 17.9. The zero-order valence-corrected chi connectivity index (χ0v) is 13.0. The van der Waals surface area contributed by atoms with Gasteiger partial charge in [0, 0.05) is 13.1 Å². The molecule has 1 unspecified atom stereocenters. The molecule has 21 heavy (non-hydrogen) atoms. The Morgan fingerprint density at radius 2 is 2.05 bits per heavy atom. The van der Waals surface area contributed by atoms with Crippen molar-refractivity contribution in [2.75, 3.05) is 31.5 Å². The Balaban J connectivity index is 1.90. The summed E-state index contributed by atoms with van der Waals surface area (Å²) in [5.74, 6) is -0.213. The smallest absolute Gasteiger partial charge is 0.238 e. The lowest BCUT2D eigenvalue weighted by Crippen LogP contribution is -2.29. The van der Waals surface area contributed by atoms with Gasteiger partial charge in [0.05, 0.1) is 10.6 Å². The molecular formula is C14H22FN3O2S. The van der Waals surface area contributed by atoms with Crippen molar-refractivity contribution in [2.45, 2.75) is 24.7 Å². The molecule has 7 heteroatoms. The van der Waals surface area contributed by atoms with Gasteiger partial charge in [0.25, 0.3) is 0 Å². The van der Waals surface area contributed by atoms with Gasteiger partial charge in [-0.05, 0) is 50.0 Å². The summed E-state index contributed by atoms with van der Waals surface area (Å²) in [5.41, 5.74) is 0.302. The highest BCUT2D eigenvalue weighted by Crippen LogP contribution is 2.19. The van der Waals surface area contributed by atoms with Crippen molar-refractivity contribution in [3.8, 4) is 0 Å². The zero-order valence-electron chi connectivity index (χ0n) is 12.2. The fourth-order valence-corrected chi connectivity index (χ4v) is 3.10. The van der Waals surface area contributed by atoms with Crippen LogP contribution in [-0.4, -0.2) is 39.5 Å². The van der Waals surface area contributed by atoms with Crippen molar-refractivity contribution in [3.63, 3.8) is 0 Å². The molecule has 1 fully saturated rings. The molecule has 1 heterocycles. The predicted octanol–water partition coefficient (Wildman–Crippen LogP) is 1.62. The molecule has 3 N–H and O–H groups in total. The Morgan fingerprint density at radius 3 is 2.62 bits per heavy atom. The van der Waals surface area contributed by atoms with Gasteiger partial charge in [-0.3, -0.25) is 0 Å². The van der Waals surface area contributed by atoms with Gasteiger partial charge in [0.2, 0.25) is 10.0 Å². The molecule has 0 aliphatic carbocycles. The van der Waals surface area contributed by atoms with Gasteiger partial charge in [0.1, 0.15) is 5.82 Å². The van der Waals surface area contributed by atoms with E-state index in [0.717, 1.165) is 25.7 Å². The second kappa shape index (κ2) is 6.72. The minimum absolute atomic E-state index is 0.212. The number of sulfonamides is 1. The summed E-state index contributed by atoms with van der Waals surface area (Å²) in [6, 6.07) is 3.67. The number of hydrogen-bond acceptors (Lipinski definition) is 4. The number of rotatable bonds is 6. The molecule has 0 spiro atoms. The van der Waals surface area contributed by atoms with Crippen molar-refractivity contribution in [3.05, 3.63) is 24.0 Å². The van der Waals surface area contributed by atoms with Gasteiger partial charge in [-0.1, -0.05) is 6.92 Å². The van der Waals surface area contributed by atoms with E-state index in [9.17, 15) is 12.8 Å². The summed E-state index contributed by atoms with van der Waals surface area (Å²) >= 11 is 0. The van der Waals surface area contributed by atoms with Crippen LogP contribution in [0.1, 0.15) is 19.8 Å². The molecule has 1 aromatic carbocycles. The number of nitrogens with zero attached hydrogens (tertiary/aromatic N) is 1. The number of nitrogens with two attached hydrogens (primary N) is 1. The summed E-state index contributed by atoms with van der Waals surface area (Å²) in [4.78, 5) is 2.20. The molecule has 0 amide bonds. The summed E-state index contributed by atoms with van der Waals surface area (Å²) in [7, 11) is -3.86. The van der Waals surface area contributed by atoms with E-state index >= 15 is 0 Å². The molecule has 1 saturated heterocycles. The van der Waals surface area contributed by atoms with Crippen LogP contribution in [-0.2, 0) is 10.0 Å². The van der Waals surface area contributed by atoms with Crippen LogP contribution in [0.25, 0.3) is 0 Å². The van der Waals surface area contributed by atoms with Crippen LogP contribution < -0.4 is 10.5 Å². The Hall–Kier alpha value is -1.18. The number of halogens is 1. The number of nitrogens with one attached hydrogen (secondary N) is 1. The van der Waals surface area contributed by atoms with Gasteiger partial charge < -0.3 is 10.2 Å².